The lowest BCUT2D eigenvalue weighted by atomic mass is 9.70. The van der Waals surface area contributed by atoms with E-state index in [1.165, 1.54) is 45.2 Å². The number of rotatable bonds is 4. The van der Waals surface area contributed by atoms with Gasteiger partial charge < -0.3 is 10.6 Å². The van der Waals surface area contributed by atoms with Crippen molar-refractivity contribution in [3.8, 4) is 0 Å². The Morgan fingerprint density at radius 3 is 2.44 bits per heavy atom. The van der Waals surface area contributed by atoms with Crippen LogP contribution in [-0.4, -0.2) is 25.7 Å². The van der Waals surface area contributed by atoms with Gasteiger partial charge in [-0.2, -0.15) is 0 Å². The van der Waals surface area contributed by atoms with Gasteiger partial charge in [-0.15, -0.1) is 0 Å². The van der Waals surface area contributed by atoms with Crippen LogP contribution < -0.4 is 10.6 Å². The Morgan fingerprint density at radius 2 is 1.88 bits per heavy atom. The molecule has 2 heteroatoms. The molecular formula is C14H28N2. The highest BCUT2D eigenvalue weighted by atomic mass is 15.0. The standard InChI is InChI=1S/C14H28N2/c1-13(2)6-5-9-16-12(13)10-15-11-14(3)7-4-8-14/h12,15-16H,4-11H2,1-3H3. The predicted octanol–water partition coefficient (Wildman–Crippen LogP) is 2.54. The molecule has 1 aliphatic carbocycles. The zero-order valence-electron chi connectivity index (χ0n) is 11.2. The molecule has 2 N–H and O–H groups in total. The first-order valence-electron chi connectivity index (χ1n) is 6.96. The molecule has 94 valence electrons. The monoisotopic (exact) mass is 224 g/mol. The van der Waals surface area contributed by atoms with E-state index in [1.54, 1.807) is 0 Å². The summed E-state index contributed by atoms with van der Waals surface area (Å²) < 4.78 is 0. The molecule has 0 radical (unpaired) electrons. The van der Waals surface area contributed by atoms with Gasteiger partial charge in [0.1, 0.15) is 0 Å². The maximum Gasteiger partial charge on any atom is 0.0243 e. The van der Waals surface area contributed by atoms with Crippen LogP contribution in [0.5, 0.6) is 0 Å². The molecule has 0 amide bonds. The molecule has 1 unspecified atom stereocenters. The lowest BCUT2D eigenvalue weighted by molar-refractivity contribution is 0.137. The van der Waals surface area contributed by atoms with Crippen molar-refractivity contribution in [1.29, 1.82) is 0 Å². The molecular weight excluding hydrogens is 196 g/mol. The van der Waals surface area contributed by atoms with Crippen LogP contribution in [0.25, 0.3) is 0 Å². The quantitative estimate of drug-likeness (QED) is 0.767. The van der Waals surface area contributed by atoms with E-state index in [4.69, 9.17) is 0 Å². The smallest absolute Gasteiger partial charge is 0.0243 e. The van der Waals surface area contributed by atoms with E-state index in [-0.39, 0.29) is 0 Å². The van der Waals surface area contributed by atoms with E-state index in [1.807, 2.05) is 0 Å². The lowest BCUT2D eigenvalue weighted by Crippen LogP contribution is -2.53. The van der Waals surface area contributed by atoms with Crippen LogP contribution in [0.1, 0.15) is 52.9 Å². The first kappa shape index (κ1) is 12.4. The van der Waals surface area contributed by atoms with Gasteiger partial charge in [0, 0.05) is 19.1 Å². The average Bonchev–Trinajstić information content (AvgIpc) is 2.18. The Bertz CT molecular complexity index is 231. The van der Waals surface area contributed by atoms with Crippen molar-refractivity contribution in [3.05, 3.63) is 0 Å². The van der Waals surface area contributed by atoms with Crippen molar-refractivity contribution in [2.45, 2.75) is 58.9 Å². The lowest BCUT2D eigenvalue weighted by Gasteiger charge is -2.42. The molecule has 0 aromatic carbocycles. The van der Waals surface area contributed by atoms with Gasteiger partial charge in [0.15, 0.2) is 0 Å². The SMILES string of the molecule is CC1(CNCC2NCCCC2(C)C)CCC1. The fraction of sp³-hybridized carbons (Fsp3) is 1.00. The molecule has 2 fully saturated rings. The van der Waals surface area contributed by atoms with Crippen molar-refractivity contribution in [2.24, 2.45) is 10.8 Å². The molecule has 1 aliphatic heterocycles. The average molecular weight is 224 g/mol. The highest BCUT2D eigenvalue weighted by Crippen LogP contribution is 2.39. The Kier molecular flexibility index (Phi) is 3.60. The normalized spacial score (nSPS) is 32.1. The summed E-state index contributed by atoms with van der Waals surface area (Å²) in [5, 5.41) is 7.36. The molecule has 2 nitrogen and oxygen atoms in total. The third kappa shape index (κ3) is 2.78. The van der Waals surface area contributed by atoms with Crippen molar-refractivity contribution in [2.75, 3.05) is 19.6 Å². The highest BCUT2D eigenvalue weighted by molar-refractivity contribution is 4.91. The van der Waals surface area contributed by atoms with E-state index >= 15 is 0 Å². The van der Waals surface area contributed by atoms with Crippen LogP contribution in [0.2, 0.25) is 0 Å². The topological polar surface area (TPSA) is 24.1 Å². The zero-order valence-corrected chi connectivity index (χ0v) is 11.2. The highest BCUT2D eigenvalue weighted by Gasteiger charge is 2.34. The molecule has 0 bridgehead atoms. The molecule has 0 aromatic heterocycles. The van der Waals surface area contributed by atoms with E-state index in [9.17, 15) is 0 Å². The van der Waals surface area contributed by atoms with Gasteiger partial charge in [0.05, 0.1) is 0 Å². The second kappa shape index (κ2) is 4.66. The van der Waals surface area contributed by atoms with Crippen LogP contribution in [0.3, 0.4) is 0 Å². The van der Waals surface area contributed by atoms with Crippen LogP contribution >= 0.6 is 0 Å². The molecule has 0 spiro atoms. The largest absolute Gasteiger partial charge is 0.315 e. The summed E-state index contributed by atoms with van der Waals surface area (Å²) in [6, 6.07) is 0.657. The third-order valence-corrected chi connectivity index (χ3v) is 4.79. The van der Waals surface area contributed by atoms with Crippen molar-refractivity contribution < 1.29 is 0 Å². The Labute approximate surface area is 101 Å². The summed E-state index contributed by atoms with van der Waals surface area (Å²) >= 11 is 0. The summed E-state index contributed by atoms with van der Waals surface area (Å²) in [4.78, 5) is 0. The molecule has 16 heavy (non-hydrogen) atoms. The Balaban J connectivity index is 1.72. The second-order valence-corrected chi connectivity index (χ2v) is 6.89. The minimum Gasteiger partial charge on any atom is -0.315 e. The van der Waals surface area contributed by atoms with E-state index in [0.29, 0.717) is 16.9 Å². The Morgan fingerprint density at radius 1 is 1.12 bits per heavy atom. The van der Waals surface area contributed by atoms with Crippen molar-refractivity contribution in [1.82, 2.24) is 10.6 Å². The van der Waals surface area contributed by atoms with E-state index in [2.05, 4.69) is 31.4 Å². The molecule has 0 aromatic rings. The van der Waals surface area contributed by atoms with E-state index in [0.717, 1.165) is 6.54 Å². The number of piperidine rings is 1. The van der Waals surface area contributed by atoms with Crippen LogP contribution in [0, 0.1) is 10.8 Å². The maximum atomic E-state index is 3.69. The predicted molar refractivity (Wildman–Crippen MR) is 69.6 cm³/mol. The minimum absolute atomic E-state index is 0.464. The molecule has 1 saturated heterocycles. The summed E-state index contributed by atoms with van der Waals surface area (Å²) in [5.74, 6) is 0. The Hall–Kier alpha value is -0.0800. The van der Waals surface area contributed by atoms with Gasteiger partial charge in [0.2, 0.25) is 0 Å². The van der Waals surface area contributed by atoms with Crippen LogP contribution in [-0.2, 0) is 0 Å². The van der Waals surface area contributed by atoms with Gasteiger partial charge in [0.25, 0.3) is 0 Å². The first-order chi connectivity index (χ1) is 7.52. The first-order valence-corrected chi connectivity index (χ1v) is 6.96. The van der Waals surface area contributed by atoms with Gasteiger partial charge in [-0.05, 0) is 43.1 Å². The summed E-state index contributed by atoms with van der Waals surface area (Å²) in [5.41, 5.74) is 1.07. The molecule has 1 atom stereocenters. The third-order valence-electron chi connectivity index (χ3n) is 4.79. The van der Waals surface area contributed by atoms with Crippen molar-refractivity contribution in [3.63, 3.8) is 0 Å². The fourth-order valence-electron chi connectivity index (χ4n) is 3.09. The maximum absolute atomic E-state index is 3.69. The van der Waals surface area contributed by atoms with Gasteiger partial charge in [-0.25, -0.2) is 0 Å². The number of hydrogen-bond acceptors (Lipinski definition) is 2. The van der Waals surface area contributed by atoms with Crippen molar-refractivity contribution >= 4 is 0 Å². The summed E-state index contributed by atoms with van der Waals surface area (Å²) in [7, 11) is 0. The molecule has 1 heterocycles. The summed E-state index contributed by atoms with van der Waals surface area (Å²) in [6.07, 6.45) is 6.97. The molecule has 2 aliphatic rings. The van der Waals surface area contributed by atoms with Gasteiger partial charge in [-0.1, -0.05) is 27.2 Å². The fourth-order valence-corrected chi connectivity index (χ4v) is 3.09. The second-order valence-electron chi connectivity index (χ2n) is 6.89. The van der Waals surface area contributed by atoms with E-state index < -0.39 is 0 Å². The zero-order chi connectivity index (χ0) is 11.6. The molecule has 1 saturated carbocycles. The number of hydrogen-bond donors (Lipinski definition) is 2. The van der Waals surface area contributed by atoms with Gasteiger partial charge >= 0.3 is 0 Å². The van der Waals surface area contributed by atoms with Crippen LogP contribution in [0.4, 0.5) is 0 Å². The van der Waals surface area contributed by atoms with Crippen LogP contribution in [0.15, 0.2) is 0 Å². The van der Waals surface area contributed by atoms with Gasteiger partial charge in [-0.3, -0.25) is 0 Å². The molecule has 2 rings (SSSR count). The number of nitrogens with one attached hydrogen (secondary N) is 2. The minimum atomic E-state index is 0.464. The summed E-state index contributed by atoms with van der Waals surface area (Å²) in [6.45, 7) is 10.8.